The van der Waals surface area contributed by atoms with Gasteiger partial charge in [0.1, 0.15) is 5.82 Å². The summed E-state index contributed by atoms with van der Waals surface area (Å²) in [5.74, 6) is -0.181. The van der Waals surface area contributed by atoms with E-state index in [4.69, 9.17) is 0 Å². The van der Waals surface area contributed by atoms with Crippen molar-refractivity contribution in [2.45, 2.75) is 26.3 Å². The molecule has 2 aromatic carbocycles. The zero-order chi connectivity index (χ0) is 13.8. The fraction of sp³-hybridized carbons (Fsp3) is 0.294. The topological polar surface area (TPSA) is 12.0 Å². The number of aryl methyl sites for hydroxylation is 2. The molecule has 1 unspecified atom stereocenters. The summed E-state index contributed by atoms with van der Waals surface area (Å²) in [4.78, 5) is 0. The number of likely N-dealkylation sites (N-methyl/N-ethyl adjacent to an activating group) is 1. The normalized spacial score (nSPS) is 12.4. The Bertz CT molecular complexity index is 543. The van der Waals surface area contributed by atoms with Crippen molar-refractivity contribution in [2.75, 3.05) is 7.05 Å². The zero-order valence-electron chi connectivity index (χ0n) is 11.7. The van der Waals surface area contributed by atoms with E-state index in [-0.39, 0.29) is 11.9 Å². The van der Waals surface area contributed by atoms with E-state index >= 15 is 0 Å². The molecule has 2 aromatic rings. The molecule has 0 aromatic heterocycles. The third-order valence-electron chi connectivity index (χ3n) is 3.65. The molecular weight excluding hydrogens is 237 g/mol. The Hall–Kier alpha value is -1.67. The highest BCUT2D eigenvalue weighted by Crippen LogP contribution is 2.23. The highest BCUT2D eigenvalue weighted by Gasteiger charge is 2.13. The summed E-state index contributed by atoms with van der Waals surface area (Å²) in [7, 11) is 1.92. The van der Waals surface area contributed by atoms with Gasteiger partial charge in [-0.25, -0.2) is 4.39 Å². The van der Waals surface area contributed by atoms with Crippen LogP contribution in [0.1, 0.15) is 28.3 Å². The van der Waals surface area contributed by atoms with Gasteiger partial charge in [-0.3, -0.25) is 0 Å². The minimum absolute atomic E-state index is 0.135. The first-order valence-corrected chi connectivity index (χ1v) is 6.59. The summed E-state index contributed by atoms with van der Waals surface area (Å²) in [6.45, 7) is 4.25. The Morgan fingerprint density at radius 2 is 1.68 bits per heavy atom. The summed E-state index contributed by atoms with van der Waals surface area (Å²) in [5.41, 5.74) is 4.91. The maximum atomic E-state index is 13.3. The molecule has 0 bridgehead atoms. The highest BCUT2D eigenvalue weighted by atomic mass is 19.1. The lowest BCUT2D eigenvalue weighted by Crippen LogP contribution is -2.19. The van der Waals surface area contributed by atoms with Crippen LogP contribution < -0.4 is 5.32 Å². The van der Waals surface area contributed by atoms with Gasteiger partial charge in [0, 0.05) is 6.04 Å². The van der Waals surface area contributed by atoms with E-state index in [1.807, 2.05) is 13.1 Å². The van der Waals surface area contributed by atoms with Crippen molar-refractivity contribution in [3.05, 3.63) is 70.5 Å². The van der Waals surface area contributed by atoms with Crippen molar-refractivity contribution in [2.24, 2.45) is 0 Å². The maximum absolute atomic E-state index is 13.3. The predicted octanol–water partition coefficient (Wildman–Crippen LogP) is 3.95. The smallest absolute Gasteiger partial charge is 0.123 e. The molecule has 2 rings (SSSR count). The van der Waals surface area contributed by atoms with Gasteiger partial charge >= 0.3 is 0 Å². The fourth-order valence-electron chi connectivity index (χ4n) is 2.48. The molecule has 19 heavy (non-hydrogen) atoms. The lowest BCUT2D eigenvalue weighted by molar-refractivity contribution is 0.575. The number of rotatable bonds is 4. The van der Waals surface area contributed by atoms with Gasteiger partial charge in [-0.1, -0.05) is 30.3 Å². The van der Waals surface area contributed by atoms with Crippen LogP contribution in [0.25, 0.3) is 0 Å². The first kappa shape index (κ1) is 13.8. The molecule has 100 valence electrons. The van der Waals surface area contributed by atoms with Gasteiger partial charge in [0.15, 0.2) is 0 Å². The summed E-state index contributed by atoms with van der Waals surface area (Å²) >= 11 is 0. The van der Waals surface area contributed by atoms with Gasteiger partial charge in [0.25, 0.3) is 0 Å². The maximum Gasteiger partial charge on any atom is 0.123 e. The van der Waals surface area contributed by atoms with Crippen molar-refractivity contribution >= 4 is 0 Å². The van der Waals surface area contributed by atoms with Crippen molar-refractivity contribution in [3.8, 4) is 0 Å². The number of hydrogen-bond donors (Lipinski definition) is 1. The van der Waals surface area contributed by atoms with Crippen LogP contribution in [0.15, 0.2) is 42.5 Å². The molecule has 0 fully saturated rings. The molecule has 0 saturated carbocycles. The Kier molecular flexibility index (Phi) is 4.33. The van der Waals surface area contributed by atoms with Gasteiger partial charge in [-0.05, 0) is 61.7 Å². The molecule has 0 spiro atoms. The lowest BCUT2D eigenvalue weighted by Gasteiger charge is -2.19. The number of nitrogens with one attached hydrogen (secondary N) is 1. The fourth-order valence-corrected chi connectivity index (χ4v) is 2.48. The van der Waals surface area contributed by atoms with Gasteiger partial charge < -0.3 is 5.32 Å². The van der Waals surface area contributed by atoms with Crippen LogP contribution in [0.3, 0.4) is 0 Å². The Balaban J connectivity index is 2.29. The van der Waals surface area contributed by atoms with Crippen LogP contribution >= 0.6 is 0 Å². The molecule has 1 nitrogen and oxygen atoms in total. The molecule has 2 heteroatoms. The van der Waals surface area contributed by atoms with Crippen molar-refractivity contribution in [1.29, 1.82) is 0 Å². The van der Waals surface area contributed by atoms with Gasteiger partial charge in [-0.2, -0.15) is 0 Å². The van der Waals surface area contributed by atoms with Gasteiger partial charge in [0.2, 0.25) is 0 Å². The summed E-state index contributed by atoms with van der Waals surface area (Å²) < 4.78 is 13.3. The third kappa shape index (κ3) is 3.21. The van der Waals surface area contributed by atoms with E-state index in [0.29, 0.717) is 0 Å². The largest absolute Gasteiger partial charge is 0.313 e. The van der Waals surface area contributed by atoms with E-state index in [9.17, 15) is 4.39 Å². The highest BCUT2D eigenvalue weighted by molar-refractivity contribution is 5.35. The molecule has 1 atom stereocenters. The lowest BCUT2D eigenvalue weighted by atomic mass is 9.93. The summed E-state index contributed by atoms with van der Waals surface area (Å²) in [6.07, 6.45) is 0.873. The Morgan fingerprint density at radius 1 is 1.05 bits per heavy atom. The van der Waals surface area contributed by atoms with E-state index in [2.05, 4.69) is 37.4 Å². The first-order chi connectivity index (χ1) is 9.11. The Morgan fingerprint density at radius 3 is 2.26 bits per heavy atom. The van der Waals surface area contributed by atoms with Crippen LogP contribution in [-0.4, -0.2) is 7.05 Å². The van der Waals surface area contributed by atoms with Gasteiger partial charge in [0.05, 0.1) is 0 Å². The summed E-state index contributed by atoms with van der Waals surface area (Å²) in [5, 5.41) is 3.28. The first-order valence-electron chi connectivity index (χ1n) is 6.59. The zero-order valence-corrected chi connectivity index (χ0v) is 11.7. The number of halogens is 1. The molecule has 0 aliphatic rings. The van der Waals surface area contributed by atoms with Crippen LogP contribution in [0.4, 0.5) is 4.39 Å². The molecule has 0 aliphatic heterocycles. The minimum atomic E-state index is -0.181. The predicted molar refractivity (Wildman–Crippen MR) is 77.8 cm³/mol. The Labute approximate surface area is 114 Å². The SMILES string of the molecule is CNC(Cc1c(C)cccc1C)c1cccc(F)c1. The molecular formula is C17H20FN. The van der Waals surface area contributed by atoms with Gasteiger partial charge in [-0.15, -0.1) is 0 Å². The molecule has 0 heterocycles. The quantitative estimate of drug-likeness (QED) is 0.874. The van der Waals surface area contributed by atoms with Crippen LogP contribution in [0.2, 0.25) is 0 Å². The van der Waals surface area contributed by atoms with Crippen molar-refractivity contribution in [3.63, 3.8) is 0 Å². The third-order valence-corrected chi connectivity index (χ3v) is 3.65. The van der Waals surface area contributed by atoms with E-state index < -0.39 is 0 Å². The average Bonchev–Trinajstić information content (AvgIpc) is 2.38. The molecule has 0 amide bonds. The van der Waals surface area contributed by atoms with Crippen molar-refractivity contribution < 1.29 is 4.39 Å². The van der Waals surface area contributed by atoms with E-state index in [1.165, 1.54) is 22.8 Å². The van der Waals surface area contributed by atoms with E-state index in [1.54, 1.807) is 12.1 Å². The minimum Gasteiger partial charge on any atom is -0.313 e. The van der Waals surface area contributed by atoms with Crippen molar-refractivity contribution in [1.82, 2.24) is 5.32 Å². The van der Waals surface area contributed by atoms with Crippen LogP contribution in [-0.2, 0) is 6.42 Å². The standard InChI is InChI=1S/C17H20FN/c1-12-6-4-7-13(2)16(12)11-17(19-3)14-8-5-9-15(18)10-14/h4-10,17,19H,11H2,1-3H3. The molecule has 0 aliphatic carbocycles. The second-order valence-corrected chi connectivity index (χ2v) is 4.97. The average molecular weight is 257 g/mol. The second-order valence-electron chi connectivity index (χ2n) is 4.97. The van der Waals surface area contributed by atoms with Crippen LogP contribution in [0.5, 0.6) is 0 Å². The number of hydrogen-bond acceptors (Lipinski definition) is 1. The molecule has 1 N–H and O–H groups in total. The molecule has 0 radical (unpaired) electrons. The van der Waals surface area contributed by atoms with Crippen LogP contribution in [0, 0.1) is 19.7 Å². The molecule has 0 saturated heterocycles. The number of benzene rings is 2. The summed E-state index contributed by atoms with van der Waals surface area (Å²) in [6, 6.07) is 13.3. The monoisotopic (exact) mass is 257 g/mol. The second kappa shape index (κ2) is 5.98. The van der Waals surface area contributed by atoms with E-state index in [0.717, 1.165) is 12.0 Å².